The summed E-state index contributed by atoms with van der Waals surface area (Å²) in [5, 5.41) is 13.0. The zero-order valence-electron chi connectivity index (χ0n) is 10.2. The molecule has 2 rings (SSSR count). The Morgan fingerprint density at radius 3 is 2.72 bits per heavy atom. The van der Waals surface area contributed by atoms with Crippen molar-refractivity contribution < 1.29 is 4.79 Å². The molecule has 5 heteroatoms. The minimum atomic E-state index is -0.197. The number of aromatic nitrogens is 2. The molecule has 0 aliphatic rings. The van der Waals surface area contributed by atoms with Gasteiger partial charge in [-0.3, -0.25) is 9.48 Å². The van der Waals surface area contributed by atoms with E-state index in [0.717, 1.165) is 0 Å². The third-order valence-corrected chi connectivity index (χ3v) is 2.73. The third kappa shape index (κ3) is 1.96. The molecule has 0 unspecified atom stereocenters. The SMILES string of the molecule is CN(C(=O)c1ccnn1C)c1ccccc1C#N. The van der Waals surface area contributed by atoms with E-state index in [9.17, 15) is 4.79 Å². The van der Waals surface area contributed by atoms with Gasteiger partial charge in [0.2, 0.25) is 0 Å². The summed E-state index contributed by atoms with van der Waals surface area (Å²) in [6.07, 6.45) is 1.57. The molecule has 1 aromatic heterocycles. The van der Waals surface area contributed by atoms with Crippen LogP contribution in [-0.2, 0) is 7.05 Å². The van der Waals surface area contributed by atoms with Crippen LogP contribution in [0.4, 0.5) is 5.69 Å². The molecule has 0 N–H and O–H groups in total. The maximum absolute atomic E-state index is 12.3. The van der Waals surface area contributed by atoms with Crippen LogP contribution in [0, 0.1) is 11.3 Å². The van der Waals surface area contributed by atoms with E-state index in [1.54, 1.807) is 50.6 Å². The van der Waals surface area contributed by atoms with Crippen LogP contribution in [0.2, 0.25) is 0 Å². The Morgan fingerprint density at radius 2 is 2.11 bits per heavy atom. The van der Waals surface area contributed by atoms with Crippen molar-refractivity contribution >= 4 is 11.6 Å². The van der Waals surface area contributed by atoms with E-state index in [1.807, 2.05) is 0 Å². The molecule has 1 amide bonds. The second-order valence-corrected chi connectivity index (χ2v) is 3.83. The maximum atomic E-state index is 12.3. The van der Waals surface area contributed by atoms with E-state index in [-0.39, 0.29) is 5.91 Å². The molecule has 0 atom stereocenters. The first-order valence-electron chi connectivity index (χ1n) is 5.40. The minimum absolute atomic E-state index is 0.197. The number of aryl methyl sites for hydroxylation is 1. The number of para-hydroxylation sites is 1. The monoisotopic (exact) mass is 240 g/mol. The highest BCUT2D eigenvalue weighted by atomic mass is 16.2. The minimum Gasteiger partial charge on any atom is -0.309 e. The lowest BCUT2D eigenvalue weighted by molar-refractivity contribution is 0.0984. The Labute approximate surface area is 105 Å². The molecule has 0 spiro atoms. The van der Waals surface area contributed by atoms with Crippen LogP contribution in [0.5, 0.6) is 0 Å². The Hall–Kier alpha value is -2.61. The van der Waals surface area contributed by atoms with Gasteiger partial charge in [0, 0.05) is 20.3 Å². The molecule has 0 saturated heterocycles. The zero-order valence-corrected chi connectivity index (χ0v) is 10.2. The van der Waals surface area contributed by atoms with Gasteiger partial charge in [0.05, 0.1) is 11.3 Å². The molecule has 0 aliphatic carbocycles. The lowest BCUT2D eigenvalue weighted by atomic mass is 10.1. The van der Waals surface area contributed by atoms with E-state index in [4.69, 9.17) is 5.26 Å². The fourth-order valence-electron chi connectivity index (χ4n) is 1.73. The molecule has 90 valence electrons. The van der Waals surface area contributed by atoms with Gasteiger partial charge in [-0.15, -0.1) is 0 Å². The zero-order chi connectivity index (χ0) is 13.1. The van der Waals surface area contributed by atoms with Crippen LogP contribution in [0.25, 0.3) is 0 Å². The molecule has 0 radical (unpaired) electrons. The summed E-state index contributed by atoms with van der Waals surface area (Å²) in [6, 6.07) is 10.7. The van der Waals surface area contributed by atoms with E-state index in [2.05, 4.69) is 11.2 Å². The lowest BCUT2D eigenvalue weighted by Gasteiger charge is -2.18. The van der Waals surface area contributed by atoms with E-state index < -0.39 is 0 Å². The first kappa shape index (κ1) is 11.9. The molecule has 1 heterocycles. The van der Waals surface area contributed by atoms with Gasteiger partial charge in [0.25, 0.3) is 5.91 Å². The van der Waals surface area contributed by atoms with Crippen molar-refractivity contribution in [2.24, 2.45) is 7.05 Å². The summed E-state index contributed by atoms with van der Waals surface area (Å²) in [5.41, 5.74) is 1.53. The number of anilines is 1. The molecule has 5 nitrogen and oxygen atoms in total. The van der Waals surface area contributed by atoms with Crippen molar-refractivity contribution in [3.63, 3.8) is 0 Å². The van der Waals surface area contributed by atoms with Crippen LogP contribution in [0.1, 0.15) is 16.1 Å². The van der Waals surface area contributed by atoms with Gasteiger partial charge >= 0.3 is 0 Å². The molecular weight excluding hydrogens is 228 g/mol. The van der Waals surface area contributed by atoms with Gasteiger partial charge in [-0.05, 0) is 18.2 Å². The standard InChI is InChI=1S/C13H12N4O/c1-16(11-6-4-3-5-10(11)9-14)13(18)12-7-8-15-17(12)2/h3-8H,1-2H3. The number of amides is 1. The van der Waals surface area contributed by atoms with Gasteiger partial charge in [0.15, 0.2) is 0 Å². The van der Waals surface area contributed by atoms with Crippen molar-refractivity contribution in [1.82, 2.24) is 9.78 Å². The highest BCUT2D eigenvalue weighted by Crippen LogP contribution is 2.19. The van der Waals surface area contributed by atoms with E-state index in [0.29, 0.717) is 16.9 Å². The Morgan fingerprint density at radius 1 is 1.39 bits per heavy atom. The molecule has 2 aromatic rings. The largest absolute Gasteiger partial charge is 0.309 e. The fraction of sp³-hybridized carbons (Fsp3) is 0.154. The van der Waals surface area contributed by atoms with Gasteiger partial charge < -0.3 is 4.90 Å². The summed E-state index contributed by atoms with van der Waals surface area (Å²) in [5.74, 6) is -0.197. The molecule has 18 heavy (non-hydrogen) atoms. The predicted octanol–water partition coefficient (Wildman–Crippen LogP) is 1.57. The quantitative estimate of drug-likeness (QED) is 0.800. The first-order chi connectivity index (χ1) is 8.65. The average Bonchev–Trinajstić information content (AvgIpc) is 2.83. The highest BCUT2D eigenvalue weighted by Gasteiger charge is 2.18. The van der Waals surface area contributed by atoms with Crippen LogP contribution in [0.15, 0.2) is 36.5 Å². The van der Waals surface area contributed by atoms with Crippen molar-refractivity contribution in [3.05, 3.63) is 47.8 Å². The normalized spacial score (nSPS) is 9.83. The average molecular weight is 240 g/mol. The second kappa shape index (κ2) is 4.72. The van der Waals surface area contributed by atoms with Crippen molar-refractivity contribution in [2.75, 3.05) is 11.9 Å². The lowest BCUT2D eigenvalue weighted by Crippen LogP contribution is -2.28. The number of nitrogens with zero attached hydrogens (tertiary/aromatic N) is 4. The van der Waals surface area contributed by atoms with E-state index in [1.165, 1.54) is 9.58 Å². The van der Waals surface area contributed by atoms with Gasteiger partial charge in [-0.1, -0.05) is 12.1 Å². The summed E-state index contributed by atoms with van der Waals surface area (Å²) >= 11 is 0. The summed E-state index contributed by atoms with van der Waals surface area (Å²) in [7, 11) is 3.35. The van der Waals surface area contributed by atoms with Crippen LogP contribution < -0.4 is 4.90 Å². The molecule has 1 aromatic carbocycles. The Kier molecular flexibility index (Phi) is 3.11. The smallest absolute Gasteiger partial charge is 0.276 e. The Bertz CT molecular complexity index is 624. The number of carbonyl (C=O) groups excluding carboxylic acids is 1. The van der Waals surface area contributed by atoms with Crippen LogP contribution >= 0.6 is 0 Å². The fourth-order valence-corrected chi connectivity index (χ4v) is 1.73. The number of benzene rings is 1. The first-order valence-corrected chi connectivity index (χ1v) is 5.40. The van der Waals surface area contributed by atoms with Crippen LogP contribution in [0.3, 0.4) is 0 Å². The molecule has 0 aliphatic heterocycles. The third-order valence-electron chi connectivity index (χ3n) is 2.73. The number of hydrogen-bond acceptors (Lipinski definition) is 3. The topological polar surface area (TPSA) is 61.9 Å². The predicted molar refractivity (Wildman–Crippen MR) is 67.1 cm³/mol. The number of nitriles is 1. The number of hydrogen-bond donors (Lipinski definition) is 0. The highest BCUT2D eigenvalue weighted by molar-refractivity contribution is 6.05. The molecule has 0 saturated carbocycles. The van der Waals surface area contributed by atoms with Gasteiger partial charge in [-0.25, -0.2) is 0 Å². The van der Waals surface area contributed by atoms with Gasteiger partial charge in [0.1, 0.15) is 11.8 Å². The maximum Gasteiger partial charge on any atom is 0.276 e. The van der Waals surface area contributed by atoms with Crippen molar-refractivity contribution in [2.45, 2.75) is 0 Å². The molecule has 0 bridgehead atoms. The van der Waals surface area contributed by atoms with Crippen LogP contribution in [-0.4, -0.2) is 22.7 Å². The number of carbonyl (C=O) groups is 1. The Balaban J connectivity index is 2.38. The van der Waals surface area contributed by atoms with Crippen molar-refractivity contribution in [3.8, 4) is 6.07 Å². The summed E-state index contributed by atoms with van der Waals surface area (Å²) in [4.78, 5) is 13.7. The van der Waals surface area contributed by atoms with E-state index >= 15 is 0 Å². The van der Waals surface area contributed by atoms with Gasteiger partial charge in [-0.2, -0.15) is 10.4 Å². The van der Waals surface area contributed by atoms with Crippen molar-refractivity contribution in [1.29, 1.82) is 5.26 Å². The molecular formula is C13H12N4O. The summed E-state index contributed by atoms with van der Waals surface area (Å²) in [6.45, 7) is 0. The summed E-state index contributed by atoms with van der Waals surface area (Å²) < 4.78 is 1.51. The second-order valence-electron chi connectivity index (χ2n) is 3.83. The molecule has 0 fully saturated rings. The number of rotatable bonds is 2.